The summed E-state index contributed by atoms with van der Waals surface area (Å²) in [6.07, 6.45) is 37.4. The van der Waals surface area contributed by atoms with Crippen LogP contribution in [0.1, 0.15) is 168 Å². The van der Waals surface area contributed by atoms with Gasteiger partial charge < -0.3 is 27.9 Å². The minimum absolute atomic E-state index is 0.0348. The quantitative estimate of drug-likeness (QED) is 0.0203. The molecule has 0 aliphatic carbocycles. The Bertz CT molecular complexity index is 991. The molecule has 304 valence electrons. The molecule has 0 heterocycles. The van der Waals surface area contributed by atoms with E-state index in [0.717, 1.165) is 57.8 Å². The summed E-state index contributed by atoms with van der Waals surface area (Å²) in [5, 5.41) is 0. The third-order valence-corrected chi connectivity index (χ3v) is 9.70. The minimum atomic E-state index is -4.62. The second-order valence-electron chi connectivity index (χ2n) is 15.0. The number of carbonyl (C=O) groups is 2. The molecule has 0 aliphatic rings. The maximum atomic E-state index is 12.6. The molecule has 0 radical (unpaired) electrons. The molecule has 0 aromatic rings. The minimum Gasteiger partial charge on any atom is -0.756 e. The van der Waals surface area contributed by atoms with Gasteiger partial charge in [-0.2, -0.15) is 0 Å². The molecule has 0 N–H and O–H groups in total. The Kier molecular flexibility index (Phi) is 33.8. The van der Waals surface area contributed by atoms with Crippen LogP contribution in [-0.2, 0) is 32.7 Å². The van der Waals surface area contributed by atoms with E-state index in [9.17, 15) is 19.0 Å². The van der Waals surface area contributed by atoms with Crippen molar-refractivity contribution in [1.82, 2.24) is 0 Å². The molecule has 0 aromatic carbocycles. The van der Waals surface area contributed by atoms with Crippen LogP contribution in [0.4, 0.5) is 0 Å². The van der Waals surface area contributed by atoms with Gasteiger partial charge in [0.1, 0.15) is 19.8 Å². The maximum Gasteiger partial charge on any atom is 0.306 e. The third kappa shape index (κ3) is 38.0. The molecular weight excluding hydrogens is 677 g/mol. The van der Waals surface area contributed by atoms with Crippen LogP contribution in [0.15, 0.2) is 36.5 Å². The molecule has 0 aliphatic heterocycles. The van der Waals surface area contributed by atoms with Crippen LogP contribution >= 0.6 is 7.82 Å². The number of carbonyl (C=O) groups excluding carboxylic acids is 2. The fourth-order valence-corrected chi connectivity index (χ4v) is 6.21. The largest absolute Gasteiger partial charge is 0.756 e. The standard InChI is InChI=1S/C42H78NO8P/c1-6-8-10-12-14-16-18-20-21-23-24-26-28-30-32-34-41(44)48-38-40(39-50-52(46,47)49-37-36-43(3,4)5)51-42(45)35-33-31-29-27-25-22-19-17-15-13-11-9-7-2/h9,11,13,15,17,19,40H,6-8,10,12,14,16,18,20-39H2,1-5H3/b11-9+,15-13+,19-17+. The van der Waals surface area contributed by atoms with Gasteiger partial charge in [-0.1, -0.05) is 159 Å². The highest BCUT2D eigenvalue weighted by Crippen LogP contribution is 2.38. The molecule has 0 spiro atoms. The Morgan fingerprint density at radius 3 is 1.62 bits per heavy atom. The van der Waals surface area contributed by atoms with Crippen LogP contribution in [0.2, 0.25) is 0 Å². The normalized spacial score (nSPS) is 14.0. The molecule has 10 heteroatoms. The van der Waals surface area contributed by atoms with Crippen LogP contribution in [0.3, 0.4) is 0 Å². The van der Waals surface area contributed by atoms with Gasteiger partial charge >= 0.3 is 11.9 Å². The number of hydrogen-bond donors (Lipinski definition) is 0. The fourth-order valence-electron chi connectivity index (χ4n) is 5.48. The maximum absolute atomic E-state index is 12.6. The molecule has 0 rings (SSSR count). The first-order valence-electron chi connectivity index (χ1n) is 20.7. The monoisotopic (exact) mass is 756 g/mol. The lowest BCUT2D eigenvalue weighted by Crippen LogP contribution is -2.37. The Morgan fingerprint density at radius 2 is 1.10 bits per heavy atom. The Morgan fingerprint density at radius 1 is 0.615 bits per heavy atom. The van der Waals surface area contributed by atoms with Crippen LogP contribution in [-0.4, -0.2) is 70.0 Å². The number of rotatable bonds is 37. The second kappa shape index (κ2) is 35.0. The molecule has 2 unspecified atom stereocenters. The van der Waals surface area contributed by atoms with E-state index >= 15 is 0 Å². The number of esters is 2. The van der Waals surface area contributed by atoms with Crippen LogP contribution in [0, 0.1) is 0 Å². The number of hydrogen-bond acceptors (Lipinski definition) is 8. The summed E-state index contributed by atoms with van der Waals surface area (Å²) in [5.41, 5.74) is 0. The van der Waals surface area contributed by atoms with Gasteiger partial charge in [0.25, 0.3) is 7.82 Å². The fraction of sp³-hybridized carbons (Fsp3) is 0.810. The molecule has 0 bridgehead atoms. The molecule has 0 fully saturated rings. The Balaban J connectivity index is 4.40. The third-order valence-electron chi connectivity index (χ3n) is 8.74. The molecule has 9 nitrogen and oxygen atoms in total. The summed E-state index contributed by atoms with van der Waals surface area (Å²) in [6, 6.07) is 0. The van der Waals surface area contributed by atoms with E-state index < -0.39 is 26.5 Å². The first-order chi connectivity index (χ1) is 25.0. The van der Waals surface area contributed by atoms with Crippen molar-refractivity contribution in [3.63, 3.8) is 0 Å². The molecular formula is C42H78NO8P. The van der Waals surface area contributed by atoms with E-state index in [0.29, 0.717) is 17.4 Å². The first-order valence-corrected chi connectivity index (χ1v) is 22.2. The number of allylic oxidation sites excluding steroid dienone is 6. The lowest BCUT2D eigenvalue weighted by atomic mass is 10.0. The topological polar surface area (TPSA) is 111 Å². The number of quaternary nitrogens is 1. The summed E-state index contributed by atoms with van der Waals surface area (Å²) in [4.78, 5) is 37.4. The average molecular weight is 756 g/mol. The van der Waals surface area contributed by atoms with Crippen LogP contribution in [0.25, 0.3) is 0 Å². The number of ether oxygens (including phenoxy) is 2. The summed E-state index contributed by atoms with van der Waals surface area (Å²) in [6.45, 7) is 4.07. The van der Waals surface area contributed by atoms with E-state index in [1.165, 1.54) is 77.0 Å². The van der Waals surface area contributed by atoms with Crippen molar-refractivity contribution in [2.75, 3.05) is 47.5 Å². The highest BCUT2D eigenvalue weighted by molar-refractivity contribution is 7.45. The van der Waals surface area contributed by atoms with Gasteiger partial charge in [0.15, 0.2) is 6.10 Å². The van der Waals surface area contributed by atoms with E-state index in [4.69, 9.17) is 18.5 Å². The van der Waals surface area contributed by atoms with Crippen molar-refractivity contribution in [2.45, 2.75) is 174 Å². The van der Waals surface area contributed by atoms with Gasteiger partial charge in [0.05, 0.1) is 27.7 Å². The highest BCUT2D eigenvalue weighted by atomic mass is 31.2. The van der Waals surface area contributed by atoms with Crippen molar-refractivity contribution < 1.29 is 42.1 Å². The predicted molar refractivity (Wildman–Crippen MR) is 213 cm³/mol. The predicted octanol–water partition coefficient (Wildman–Crippen LogP) is 10.7. The molecule has 2 atom stereocenters. The van der Waals surface area contributed by atoms with Gasteiger partial charge in [-0.25, -0.2) is 0 Å². The molecule has 0 aromatic heterocycles. The SMILES string of the molecule is CC/C=C/C=C/C=C/CCCCCCCC(=O)OC(COC(=O)CCCCCCCCCCCCCCCCC)COP(=O)([O-])OCC[N+](C)(C)C. The van der Waals surface area contributed by atoms with Crippen molar-refractivity contribution >= 4 is 19.8 Å². The number of phosphoric ester groups is 1. The number of likely N-dealkylation sites (N-methyl/N-ethyl adjacent to an activating group) is 1. The van der Waals surface area contributed by atoms with Crippen LogP contribution < -0.4 is 4.89 Å². The number of unbranched alkanes of at least 4 members (excludes halogenated alkanes) is 19. The highest BCUT2D eigenvalue weighted by Gasteiger charge is 2.21. The van der Waals surface area contributed by atoms with E-state index in [-0.39, 0.29) is 32.0 Å². The number of nitrogens with zero attached hydrogens (tertiary/aromatic N) is 1. The smallest absolute Gasteiger partial charge is 0.306 e. The lowest BCUT2D eigenvalue weighted by Gasteiger charge is -2.28. The van der Waals surface area contributed by atoms with Gasteiger partial charge in [0, 0.05) is 12.8 Å². The zero-order valence-electron chi connectivity index (χ0n) is 34.0. The molecule has 52 heavy (non-hydrogen) atoms. The average Bonchev–Trinajstić information content (AvgIpc) is 3.09. The van der Waals surface area contributed by atoms with Gasteiger partial charge in [-0.05, 0) is 32.1 Å². The van der Waals surface area contributed by atoms with Crippen molar-refractivity contribution in [1.29, 1.82) is 0 Å². The first kappa shape index (κ1) is 50.2. The van der Waals surface area contributed by atoms with Crippen molar-refractivity contribution in [3.8, 4) is 0 Å². The van der Waals surface area contributed by atoms with Gasteiger partial charge in [-0.15, -0.1) is 0 Å². The van der Waals surface area contributed by atoms with Crippen molar-refractivity contribution in [2.24, 2.45) is 0 Å². The molecule has 0 amide bonds. The van der Waals surface area contributed by atoms with Crippen LogP contribution in [0.5, 0.6) is 0 Å². The van der Waals surface area contributed by atoms with Crippen molar-refractivity contribution in [3.05, 3.63) is 36.5 Å². The molecule has 0 saturated heterocycles. The summed E-state index contributed by atoms with van der Waals surface area (Å²) >= 11 is 0. The Hall–Kier alpha value is -1.77. The number of phosphoric acid groups is 1. The zero-order valence-corrected chi connectivity index (χ0v) is 34.9. The van der Waals surface area contributed by atoms with E-state index in [1.807, 2.05) is 39.4 Å². The zero-order chi connectivity index (χ0) is 38.6. The van der Waals surface area contributed by atoms with E-state index in [2.05, 4.69) is 32.1 Å². The second-order valence-corrected chi connectivity index (χ2v) is 16.5. The summed E-state index contributed by atoms with van der Waals surface area (Å²) in [7, 11) is 1.15. The van der Waals surface area contributed by atoms with Gasteiger partial charge in [0.2, 0.25) is 0 Å². The Labute approximate surface area is 319 Å². The van der Waals surface area contributed by atoms with Gasteiger partial charge in [-0.3, -0.25) is 14.2 Å². The molecule has 0 saturated carbocycles. The lowest BCUT2D eigenvalue weighted by molar-refractivity contribution is -0.870. The summed E-state index contributed by atoms with van der Waals surface area (Å²) in [5.74, 6) is -0.856. The summed E-state index contributed by atoms with van der Waals surface area (Å²) < 4.78 is 33.8. The van der Waals surface area contributed by atoms with E-state index in [1.54, 1.807) is 0 Å².